The van der Waals surface area contributed by atoms with E-state index in [9.17, 15) is 23.3 Å². The van der Waals surface area contributed by atoms with Gasteiger partial charge in [-0.05, 0) is 104 Å². The third kappa shape index (κ3) is 7.93. The highest BCUT2D eigenvalue weighted by atomic mass is 32.2. The maximum absolute atomic E-state index is 14.8. The molecular weight excluding hydrogens is 939 g/mol. The van der Waals surface area contributed by atoms with Crippen molar-refractivity contribution in [2.45, 2.75) is 112 Å². The van der Waals surface area contributed by atoms with Gasteiger partial charge in [0, 0.05) is 73.7 Å². The molecule has 6 fully saturated rings. The number of nitro benzene ring substituents is 1. The molecule has 7 aliphatic heterocycles. The molecule has 9 heterocycles. The molecule has 1 saturated carbocycles. The lowest BCUT2D eigenvalue weighted by Crippen LogP contribution is -2.55. The normalized spacial score (nSPS) is 26.8. The molecule has 378 valence electrons. The monoisotopic (exact) mass is 999 g/mol. The number of H-pyrrole nitrogens is 1. The number of nitro groups is 1. The molecular formula is C53H61N9O9S. The summed E-state index contributed by atoms with van der Waals surface area (Å²) >= 11 is 0. The number of hydrogen-bond acceptors (Lipinski definition) is 15. The van der Waals surface area contributed by atoms with Crippen molar-refractivity contribution in [3.8, 4) is 11.6 Å². The molecule has 2 aromatic heterocycles. The first-order valence-electron chi connectivity index (χ1n) is 25.8. The van der Waals surface area contributed by atoms with Crippen molar-refractivity contribution in [3.63, 3.8) is 0 Å². The maximum atomic E-state index is 14.8. The van der Waals surface area contributed by atoms with Crippen LogP contribution in [0.1, 0.15) is 92.2 Å². The third-order valence-corrected chi connectivity index (χ3v) is 18.4. The summed E-state index contributed by atoms with van der Waals surface area (Å²) in [6, 6.07) is 21.4. The minimum Gasteiger partial charge on any atom is -0.489 e. The van der Waals surface area contributed by atoms with Gasteiger partial charge in [-0.1, -0.05) is 38.1 Å². The van der Waals surface area contributed by atoms with Crippen LogP contribution >= 0.6 is 0 Å². The van der Waals surface area contributed by atoms with E-state index in [0.717, 1.165) is 62.6 Å². The first kappa shape index (κ1) is 45.8. The number of nitrogens with zero attached hydrogens (tertiary/aromatic N) is 6. The lowest BCUT2D eigenvalue weighted by atomic mass is 9.59. The fraction of sp³-hybridized carbons (Fsp3) is 0.509. The summed E-state index contributed by atoms with van der Waals surface area (Å²) in [6.45, 7) is 10.2. The molecule has 18 nitrogen and oxygen atoms in total. The van der Waals surface area contributed by atoms with E-state index < -0.39 is 37.5 Å². The van der Waals surface area contributed by atoms with Crippen molar-refractivity contribution in [2.75, 3.05) is 74.3 Å². The molecule has 1 amide bonds. The second-order valence-corrected chi connectivity index (χ2v) is 23.4. The minimum atomic E-state index is -4.69. The molecule has 72 heavy (non-hydrogen) atoms. The molecule has 6 atom stereocenters. The van der Waals surface area contributed by atoms with Gasteiger partial charge in [0.05, 0.1) is 59.1 Å². The Balaban J connectivity index is 0.778. The van der Waals surface area contributed by atoms with Gasteiger partial charge in [-0.25, -0.2) is 13.1 Å². The van der Waals surface area contributed by atoms with Crippen molar-refractivity contribution < 1.29 is 37.1 Å². The number of amides is 1. The summed E-state index contributed by atoms with van der Waals surface area (Å²) in [4.78, 5) is 43.7. The van der Waals surface area contributed by atoms with Gasteiger partial charge >= 0.3 is 0 Å². The second-order valence-electron chi connectivity index (χ2n) is 21.7. The number of anilines is 4. The van der Waals surface area contributed by atoms with Gasteiger partial charge in [0.25, 0.3) is 21.6 Å². The van der Waals surface area contributed by atoms with Crippen LogP contribution < -0.4 is 29.3 Å². The Morgan fingerprint density at radius 1 is 0.986 bits per heavy atom. The van der Waals surface area contributed by atoms with Crippen LogP contribution in [0.5, 0.6) is 11.6 Å². The van der Waals surface area contributed by atoms with Gasteiger partial charge in [-0.2, -0.15) is 4.98 Å². The van der Waals surface area contributed by atoms with E-state index in [1.54, 1.807) is 6.07 Å². The third-order valence-electron chi connectivity index (χ3n) is 17.1. The van der Waals surface area contributed by atoms with Gasteiger partial charge in [0.15, 0.2) is 11.4 Å². The number of hydrogen-bond donors (Lipinski definition) is 3. The summed E-state index contributed by atoms with van der Waals surface area (Å²) in [7, 11) is -4.69. The topological polar surface area (TPSA) is 197 Å². The minimum absolute atomic E-state index is 0.0266. The molecule has 3 N–H and O–H groups in total. The average Bonchev–Trinajstić information content (AvgIpc) is 4.24. The first-order valence-corrected chi connectivity index (χ1v) is 27.3. The van der Waals surface area contributed by atoms with E-state index in [2.05, 4.69) is 67.8 Å². The highest BCUT2D eigenvalue weighted by Crippen LogP contribution is 2.55. The standard InChI is InChI=1S/C53H61N9O9S/c1-31(2)39-6-3-4-7-40(39)42-8-5-15-60(42)36-23-53(24-36)12-16-58(17-13-53)34-9-10-41(43(20-34)61-45-18-32-11-14-54-50(32)56-52(45)71-48-30-68-29-46(48)61)51(63)57-72(66,67)38-21-44(62(64)65)49-47(22-38)70-27-33(55-49)25-59-26-37-19-35(59)28-69-37/h3-4,6-7,9-11,14,18,20-22,31,33,35-37,42,46,48,55H,5,8,12-13,15-17,19,23-30H2,1-2H3,(H,54,56)(H,57,63)/t33-,35-,37-,42-,46-,48-/m0/s1. The smallest absolute Gasteiger partial charge is 0.297 e. The van der Waals surface area contributed by atoms with E-state index in [4.69, 9.17) is 23.9 Å². The van der Waals surface area contributed by atoms with E-state index in [1.807, 2.05) is 35.4 Å². The van der Waals surface area contributed by atoms with Crippen molar-refractivity contribution in [2.24, 2.45) is 5.41 Å². The highest BCUT2D eigenvalue weighted by Gasteiger charge is 2.51. The maximum Gasteiger partial charge on any atom is 0.297 e. The van der Waals surface area contributed by atoms with Gasteiger partial charge in [0.2, 0.25) is 5.88 Å². The van der Waals surface area contributed by atoms with Gasteiger partial charge < -0.3 is 39.0 Å². The Morgan fingerprint density at radius 3 is 2.62 bits per heavy atom. The number of benzene rings is 3. The first-order chi connectivity index (χ1) is 34.9. The van der Waals surface area contributed by atoms with Crippen molar-refractivity contribution in [1.29, 1.82) is 0 Å². The van der Waals surface area contributed by atoms with Crippen LogP contribution in [-0.4, -0.2) is 135 Å². The van der Waals surface area contributed by atoms with Crippen molar-refractivity contribution in [3.05, 3.63) is 99.7 Å². The van der Waals surface area contributed by atoms with E-state index in [-0.39, 0.29) is 47.2 Å². The fourth-order valence-electron chi connectivity index (χ4n) is 13.4. The number of carbonyl (C=O) groups is 1. The van der Waals surface area contributed by atoms with E-state index in [0.29, 0.717) is 73.3 Å². The van der Waals surface area contributed by atoms with Crippen LogP contribution in [-0.2, 0) is 19.5 Å². The number of carbonyl (C=O) groups excluding carboxylic acids is 1. The number of pyridine rings is 1. The Hall–Kier alpha value is -5.99. The van der Waals surface area contributed by atoms with Gasteiger partial charge in [-0.15, -0.1) is 0 Å². The number of piperidine rings is 1. The fourth-order valence-corrected chi connectivity index (χ4v) is 14.4. The van der Waals surface area contributed by atoms with Crippen molar-refractivity contribution in [1.82, 2.24) is 24.5 Å². The van der Waals surface area contributed by atoms with Gasteiger partial charge in [-0.3, -0.25) is 24.7 Å². The van der Waals surface area contributed by atoms with Crippen LogP contribution in [0.4, 0.5) is 28.4 Å². The molecule has 13 rings (SSSR count). The molecule has 8 aliphatic rings. The number of rotatable bonds is 11. The zero-order valence-corrected chi connectivity index (χ0v) is 41.4. The number of sulfonamides is 1. The number of nitrogens with one attached hydrogen (secondary N) is 3. The molecule has 0 radical (unpaired) electrons. The van der Waals surface area contributed by atoms with E-state index >= 15 is 0 Å². The second kappa shape index (κ2) is 17.6. The number of ether oxygens (including phenoxy) is 4. The number of fused-ring (bicyclic) bond motifs is 6. The lowest BCUT2D eigenvalue weighted by Gasteiger charge is -2.56. The molecule has 1 spiro atoms. The summed E-state index contributed by atoms with van der Waals surface area (Å²) in [5.41, 5.74) is 5.64. The molecule has 5 aromatic rings. The number of aromatic nitrogens is 2. The summed E-state index contributed by atoms with van der Waals surface area (Å²) < 4.78 is 55.2. The number of aromatic amines is 1. The predicted octanol–water partition coefficient (Wildman–Crippen LogP) is 7.24. The zero-order valence-electron chi connectivity index (χ0n) is 40.6. The number of morpholine rings is 1. The Morgan fingerprint density at radius 2 is 1.83 bits per heavy atom. The predicted molar refractivity (Wildman–Crippen MR) is 270 cm³/mol. The van der Waals surface area contributed by atoms with Crippen LogP contribution in [0.2, 0.25) is 0 Å². The molecule has 19 heteroatoms. The molecule has 1 aliphatic carbocycles. The lowest BCUT2D eigenvalue weighted by molar-refractivity contribution is -0.384. The largest absolute Gasteiger partial charge is 0.489 e. The van der Waals surface area contributed by atoms with Crippen LogP contribution in [0, 0.1) is 15.5 Å². The highest BCUT2D eigenvalue weighted by molar-refractivity contribution is 7.90. The molecule has 5 saturated heterocycles. The zero-order chi connectivity index (χ0) is 49.0. The molecule has 0 unspecified atom stereocenters. The Labute approximate surface area is 418 Å². The van der Waals surface area contributed by atoms with Crippen LogP contribution in [0.3, 0.4) is 0 Å². The number of likely N-dealkylation sites (tertiary alicyclic amines) is 2. The summed E-state index contributed by atoms with van der Waals surface area (Å²) in [6.07, 6.45) is 9.47. The van der Waals surface area contributed by atoms with Gasteiger partial charge in [0.1, 0.15) is 24.0 Å². The van der Waals surface area contributed by atoms with Crippen molar-refractivity contribution >= 4 is 55.4 Å². The van der Waals surface area contributed by atoms with Crippen LogP contribution in [0.25, 0.3) is 11.0 Å². The summed E-state index contributed by atoms with van der Waals surface area (Å²) in [5.74, 6) is -0.0142. The Kier molecular flexibility index (Phi) is 11.2. The molecule has 3 aromatic carbocycles. The van der Waals surface area contributed by atoms with E-state index in [1.165, 1.54) is 42.9 Å². The summed E-state index contributed by atoms with van der Waals surface area (Å²) in [5, 5.41) is 16.7. The average molecular weight is 1000 g/mol. The Bertz CT molecular complexity index is 3080. The van der Waals surface area contributed by atoms with Crippen LogP contribution in [0.15, 0.2) is 77.8 Å². The quantitative estimate of drug-likeness (QED) is 0.0884. The molecule has 2 bridgehead atoms. The SMILES string of the molecule is CC(C)c1ccccc1[C@@H]1CCCN1C1CC2(CCN(c3ccc(C(=O)NS(=O)(=O)c4cc5c(c([N+](=O)[O-])c4)N[C@@H](CN4C[C@@H]6C[C@H]4CO6)CO5)c(N4c5cc6cc[nH]c6nc5O[C@H]5COC[C@@H]54)c3)CC2)C1.